The van der Waals surface area contributed by atoms with Gasteiger partial charge < -0.3 is 9.73 Å². The van der Waals surface area contributed by atoms with Gasteiger partial charge in [-0.3, -0.25) is 9.00 Å². The van der Waals surface area contributed by atoms with Gasteiger partial charge in [0.1, 0.15) is 5.76 Å². The number of benzene rings is 1. The van der Waals surface area contributed by atoms with Gasteiger partial charge in [-0.15, -0.1) is 0 Å². The smallest absolute Gasteiger partial charge is 0.287 e. The number of amides is 1. The Hall–Kier alpha value is -2.14. The lowest BCUT2D eigenvalue weighted by molar-refractivity contribution is 0.0925. The van der Waals surface area contributed by atoms with Crippen molar-refractivity contribution >= 4 is 16.7 Å². The molecule has 1 aromatic carbocycles. The van der Waals surface area contributed by atoms with Crippen LogP contribution < -0.4 is 5.32 Å². The highest BCUT2D eigenvalue weighted by Crippen LogP contribution is 2.19. The zero-order chi connectivity index (χ0) is 19.1. The number of hydrogen-bond donors (Lipinski definition) is 1. The van der Waals surface area contributed by atoms with Gasteiger partial charge in [-0.2, -0.15) is 0 Å². The van der Waals surface area contributed by atoms with Crippen LogP contribution in [0.15, 0.2) is 52.5 Å². The van der Waals surface area contributed by atoms with E-state index >= 15 is 0 Å². The summed E-state index contributed by atoms with van der Waals surface area (Å²) in [6.07, 6.45) is 8.03. The van der Waals surface area contributed by atoms with Crippen LogP contribution in [0.2, 0.25) is 0 Å². The number of allylic oxidation sites excluding steroid dienone is 1. The lowest BCUT2D eigenvalue weighted by Gasteiger charge is -2.12. The van der Waals surface area contributed by atoms with E-state index in [0.29, 0.717) is 23.8 Å². The molecule has 0 radical (unpaired) electrons. The third-order valence-electron chi connectivity index (χ3n) is 4.75. The van der Waals surface area contributed by atoms with Crippen LogP contribution in [-0.4, -0.2) is 16.7 Å². The Bertz CT molecular complexity index is 820. The molecular formula is C22H27NO3S. The topological polar surface area (TPSA) is 59.3 Å². The zero-order valence-corrected chi connectivity index (χ0v) is 16.6. The number of hydrogen-bond acceptors (Lipinski definition) is 3. The molecule has 0 saturated carbocycles. The Morgan fingerprint density at radius 2 is 1.93 bits per heavy atom. The Morgan fingerprint density at radius 1 is 1.11 bits per heavy atom. The molecule has 1 N–H and O–H groups in total. The second-order valence-electron chi connectivity index (χ2n) is 7.09. The average molecular weight is 386 g/mol. The molecule has 3 rings (SSSR count). The first-order valence-electron chi connectivity index (χ1n) is 9.55. The standard InChI is InChI=1S/C22H27NO3S/c1-17-7-9-19(10-8-17)15-27(25)16-20-11-12-21(26-20)22(24)23-14-13-18-5-3-2-4-6-18/h5,7-12H,2-4,6,13-16H2,1H3,(H,23,24)/t27-/m0/s1. The normalized spacial score (nSPS) is 15.2. The molecule has 5 heteroatoms. The number of nitrogens with one attached hydrogen (secondary N) is 1. The molecular weight excluding hydrogens is 358 g/mol. The van der Waals surface area contributed by atoms with Gasteiger partial charge in [0.15, 0.2) is 5.76 Å². The lowest BCUT2D eigenvalue weighted by Crippen LogP contribution is -2.24. The molecule has 1 heterocycles. The highest BCUT2D eigenvalue weighted by Gasteiger charge is 2.13. The summed E-state index contributed by atoms with van der Waals surface area (Å²) in [5, 5.41) is 2.91. The molecule has 0 aliphatic heterocycles. The van der Waals surface area contributed by atoms with Crippen molar-refractivity contribution in [1.82, 2.24) is 5.32 Å². The zero-order valence-electron chi connectivity index (χ0n) is 15.8. The van der Waals surface area contributed by atoms with Crippen LogP contribution in [0.25, 0.3) is 0 Å². The first-order valence-corrected chi connectivity index (χ1v) is 11.0. The maximum atomic E-state index is 12.3. The average Bonchev–Trinajstić information content (AvgIpc) is 3.13. The number of carbonyl (C=O) groups excluding carboxylic acids is 1. The van der Waals surface area contributed by atoms with E-state index in [0.717, 1.165) is 24.8 Å². The molecule has 144 valence electrons. The van der Waals surface area contributed by atoms with Crippen molar-refractivity contribution in [1.29, 1.82) is 0 Å². The molecule has 27 heavy (non-hydrogen) atoms. The Labute approximate surface area is 163 Å². The largest absolute Gasteiger partial charge is 0.455 e. The minimum Gasteiger partial charge on any atom is -0.455 e. The Balaban J connectivity index is 1.45. The van der Waals surface area contributed by atoms with Crippen LogP contribution in [0, 0.1) is 6.92 Å². The summed E-state index contributed by atoms with van der Waals surface area (Å²) in [5.74, 6) is 1.46. The third-order valence-corrected chi connectivity index (χ3v) is 6.02. The van der Waals surface area contributed by atoms with E-state index in [4.69, 9.17) is 4.42 Å². The fourth-order valence-electron chi connectivity index (χ4n) is 3.21. The first kappa shape index (κ1) is 19.6. The molecule has 1 aliphatic carbocycles. The van der Waals surface area contributed by atoms with Crippen molar-refractivity contribution in [2.45, 2.75) is 50.5 Å². The van der Waals surface area contributed by atoms with Crippen LogP contribution in [0.5, 0.6) is 0 Å². The van der Waals surface area contributed by atoms with Crippen LogP contribution in [-0.2, 0) is 22.3 Å². The second-order valence-corrected chi connectivity index (χ2v) is 8.55. The summed E-state index contributed by atoms with van der Waals surface area (Å²) in [7, 11) is -1.07. The van der Waals surface area contributed by atoms with E-state index in [-0.39, 0.29) is 11.7 Å². The van der Waals surface area contributed by atoms with E-state index in [2.05, 4.69) is 11.4 Å². The highest BCUT2D eigenvalue weighted by molar-refractivity contribution is 7.83. The quantitative estimate of drug-likeness (QED) is 0.673. The van der Waals surface area contributed by atoms with Gasteiger partial charge in [-0.1, -0.05) is 41.5 Å². The predicted octanol–water partition coefficient (Wildman–Crippen LogP) is 4.66. The molecule has 0 fully saturated rings. The number of rotatable bonds is 8. The van der Waals surface area contributed by atoms with Crippen LogP contribution in [0.4, 0.5) is 0 Å². The summed E-state index contributed by atoms with van der Waals surface area (Å²) in [5.41, 5.74) is 3.67. The van der Waals surface area contributed by atoms with Gasteiger partial charge in [-0.05, 0) is 56.7 Å². The third kappa shape index (κ3) is 6.21. The van der Waals surface area contributed by atoms with Gasteiger partial charge >= 0.3 is 0 Å². The fourth-order valence-corrected chi connectivity index (χ4v) is 4.35. The minimum absolute atomic E-state index is 0.207. The van der Waals surface area contributed by atoms with Crippen molar-refractivity contribution < 1.29 is 13.4 Å². The van der Waals surface area contributed by atoms with Gasteiger partial charge in [0.25, 0.3) is 5.91 Å². The van der Waals surface area contributed by atoms with Gasteiger partial charge in [0.05, 0.1) is 5.75 Å². The molecule has 0 spiro atoms. The van der Waals surface area contributed by atoms with Crippen LogP contribution in [0.3, 0.4) is 0 Å². The monoisotopic (exact) mass is 385 g/mol. The van der Waals surface area contributed by atoms with Crippen LogP contribution >= 0.6 is 0 Å². The SMILES string of the molecule is Cc1ccc(C[S@](=O)Cc2ccc(C(=O)NCCC3=CCCCC3)o2)cc1. The molecule has 0 saturated heterocycles. The molecule has 1 amide bonds. The van der Waals surface area contributed by atoms with E-state index in [1.54, 1.807) is 12.1 Å². The molecule has 2 aromatic rings. The molecule has 1 aliphatic rings. The van der Waals surface area contributed by atoms with E-state index < -0.39 is 10.8 Å². The summed E-state index contributed by atoms with van der Waals surface area (Å²) in [6.45, 7) is 2.66. The second kappa shape index (κ2) is 9.70. The fraction of sp³-hybridized carbons (Fsp3) is 0.409. The van der Waals surface area contributed by atoms with E-state index in [1.165, 1.54) is 24.0 Å². The van der Waals surface area contributed by atoms with E-state index in [1.807, 2.05) is 31.2 Å². The molecule has 4 nitrogen and oxygen atoms in total. The molecule has 0 bridgehead atoms. The van der Waals surface area contributed by atoms with Crippen molar-refractivity contribution in [3.8, 4) is 0 Å². The van der Waals surface area contributed by atoms with Gasteiger partial charge in [-0.25, -0.2) is 0 Å². The Morgan fingerprint density at radius 3 is 2.67 bits per heavy atom. The predicted molar refractivity (Wildman–Crippen MR) is 109 cm³/mol. The van der Waals surface area contributed by atoms with Crippen molar-refractivity contribution in [2.75, 3.05) is 6.54 Å². The Kier molecular flexibility index (Phi) is 7.04. The molecule has 1 atom stereocenters. The molecule has 0 unspecified atom stereocenters. The first-order chi connectivity index (χ1) is 13.1. The maximum absolute atomic E-state index is 12.3. The van der Waals surface area contributed by atoms with Gasteiger partial charge in [0, 0.05) is 23.1 Å². The number of carbonyl (C=O) groups is 1. The summed E-state index contributed by atoms with van der Waals surface area (Å²) < 4.78 is 17.9. The summed E-state index contributed by atoms with van der Waals surface area (Å²) in [4.78, 5) is 12.2. The van der Waals surface area contributed by atoms with Crippen LogP contribution in [0.1, 0.15) is 59.5 Å². The van der Waals surface area contributed by atoms with Gasteiger partial charge in [0.2, 0.25) is 0 Å². The minimum atomic E-state index is -1.07. The summed E-state index contributed by atoms with van der Waals surface area (Å²) >= 11 is 0. The van der Waals surface area contributed by atoms with E-state index in [9.17, 15) is 9.00 Å². The highest BCUT2D eigenvalue weighted by atomic mass is 32.2. The maximum Gasteiger partial charge on any atom is 0.287 e. The van der Waals surface area contributed by atoms with Crippen molar-refractivity contribution in [3.63, 3.8) is 0 Å². The number of aryl methyl sites for hydroxylation is 1. The van der Waals surface area contributed by atoms with Crippen molar-refractivity contribution in [3.05, 3.63) is 70.7 Å². The number of furan rings is 1. The molecule has 1 aromatic heterocycles. The van der Waals surface area contributed by atoms with Crippen molar-refractivity contribution in [2.24, 2.45) is 0 Å². The summed E-state index contributed by atoms with van der Waals surface area (Å²) in [6, 6.07) is 11.4. The lowest BCUT2D eigenvalue weighted by atomic mass is 9.97.